The van der Waals surface area contributed by atoms with Gasteiger partial charge in [-0.3, -0.25) is 9.36 Å². The fourth-order valence-corrected chi connectivity index (χ4v) is 3.05. The van der Waals surface area contributed by atoms with E-state index in [-0.39, 0.29) is 22.3 Å². The average Bonchev–Trinajstić information content (AvgIpc) is 3.06. The second kappa shape index (κ2) is 5.92. The molecule has 0 bridgehead atoms. The molecular formula is C17H12ClN5O3. The van der Waals surface area contributed by atoms with Crippen molar-refractivity contribution in [1.82, 2.24) is 24.4 Å². The summed E-state index contributed by atoms with van der Waals surface area (Å²) >= 11 is 5.99. The summed E-state index contributed by atoms with van der Waals surface area (Å²) in [5.74, 6) is -0.571. The van der Waals surface area contributed by atoms with Gasteiger partial charge in [0.05, 0.1) is 19.0 Å². The molecule has 3 heterocycles. The van der Waals surface area contributed by atoms with Crippen molar-refractivity contribution in [2.75, 3.05) is 7.11 Å². The summed E-state index contributed by atoms with van der Waals surface area (Å²) in [5.41, 5.74) is 2.17. The highest BCUT2D eigenvalue weighted by atomic mass is 35.5. The Balaban J connectivity index is 1.98. The second-order valence-corrected chi connectivity index (χ2v) is 6.08. The molecule has 0 spiro atoms. The van der Waals surface area contributed by atoms with E-state index in [4.69, 9.17) is 16.3 Å². The SMILES string of the molecule is COC(=O)c1cnn2c1nnc1c(=O)n(-c3ccc(Cl)cc3C)ccc12. The van der Waals surface area contributed by atoms with E-state index in [1.54, 1.807) is 30.5 Å². The fraction of sp³-hybridized carbons (Fsp3) is 0.118. The number of halogens is 1. The Labute approximate surface area is 151 Å². The van der Waals surface area contributed by atoms with Crippen LogP contribution in [0.3, 0.4) is 0 Å². The zero-order valence-corrected chi connectivity index (χ0v) is 14.6. The molecule has 4 aromatic rings. The summed E-state index contributed by atoms with van der Waals surface area (Å²) in [4.78, 5) is 24.7. The first-order valence-electron chi connectivity index (χ1n) is 7.62. The average molecular weight is 370 g/mol. The van der Waals surface area contributed by atoms with Gasteiger partial charge in [-0.15, -0.1) is 10.2 Å². The lowest BCUT2D eigenvalue weighted by Gasteiger charge is -2.10. The number of aryl methyl sites for hydroxylation is 1. The molecule has 0 saturated carbocycles. The molecule has 0 aliphatic heterocycles. The molecular weight excluding hydrogens is 358 g/mol. The van der Waals surface area contributed by atoms with E-state index in [1.807, 2.05) is 6.92 Å². The van der Waals surface area contributed by atoms with Gasteiger partial charge in [0.25, 0.3) is 5.56 Å². The first kappa shape index (κ1) is 16.2. The number of fused-ring (bicyclic) bond motifs is 3. The molecule has 0 aliphatic carbocycles. The first-order valence-corrected chi connectivity index (χ1v) is 7.99. The molecule has 0 N–H and O–H groups in total. The monoisotopic (exact) mass is 369 g/mol. The Bertz CT molecular complexity index is 1240. The van der Waals surface area contributed by atoms with Crippen molar-refractivity contribution >= 4 is 34.3 Å². The summed E-state index contributed by atoms with van der Waals surface area (Å²) in [6, 6.07) is 6.95. The van der Waals surface area contributed by atoms with Crippen molar-refractivity contribution in [2.45, 2.75) is 6.92 Å². The van der Waals surface area contributed by atoms with Gasteiger partial charge in [-0.25, -0.2) is 9.31 Å². The van der Waals surface area contributed by atoms with Crippen LogP contribution in [-0.2, 0) is 4.74 Å². The maximum absolute atomic E-state index is 12.9. The maximum atomic E-state index is 12.9. The van der Waals surface area contributed by atoms with Gasteiger partial charge >= 0.3 is 5.97 Å². The highest BCUT2D eigenvalue weighted by Gasteiger charge is 2.18. The van der Waals surface area contributed by atoms with E-state index < -0.39 is 5.97 Å². The number of nitrogens with zero attached hydrogens (tertiary/aromatic N) is 5. The molecule has 1 aromatic carbocycles. The first-order chi connectivity index (χ1) is 12.5. The van der Waals surface area contributed by atoms with E-state index in [2.05, 4.69) is 15.3 Å². The normalized spacial score (nSPS) is 11.2. The summed E-state index contributed by atoms with van der Waals surface area (Å²) in [6.45, 7) is 1.86. The smallest absolute Gasteiger partial charge is 0.343 e. The van der Waals surface area contributed by atoms with Crippen LogP contribution in [-0.4, -0.2) is 37.5 Å². The van der Waals surface area contributed by atoms with Gasteiger partial charge in [-0.1, -0.05) is 11.6 Å². The standard InChI is InChI=1S/C17H12ClN5O3/c1-9-7-10(18)3-4-12(9)22-6-5-13-14(16(22)24)20-21-15-11(17(25)26-2)8-19-23(13)15/h3-8H,1-2H3. The molecule has 0 unspecified atom stereocenters. The van der Waals surface area contributed by atoms with E-state index in [1.165, 1.54) is 22.4 Å². The maximum Gasteiger partial charge on any atom is 0.343 e. The minimum absolute atomic E-state index is 0.133. The molecule has 3 aromatic heterocycles. The third-order valence-electron chi connectivity index (χ3n) is 4.09. The highest BCUT2D eigenvalue weighted by molar-refractivity contribution is 6.30. The molecule has 0 radical (unpaired) electrons. The number of carbonyl (C=O) groups is 1. The molecule has 0 fully saturated rings. The van der Waals surface area contributed by atoms with Crippen LogP contribution in [0.25, 0.3) is 22.4 Å². The number of aromatic nitrogens is 5. The zero-order valence-electron chi connectivity index (χ0n) is 13.8. The minimum Gasteiger partial charge on any atom is -0.465 e. The van der Waals surface area contributed by atoms with Gasteiger partial charge < -0.3 is 4.74 Å². The summed E-state index contributed by atoms with van der Waals surface area (Å²) in [6.07, 6.45) is 2.96. The number of esters is 1. The Morgan fingerprint density at radius 2 is 2.04 bits per heavy atom. The van der Waals surface area contributed by atoms with E-state index >= 15 is 0 Å². The number of methoxy groups -OCH3 is 1. The molecule has 26 heavy (non-hydrogen) atoms. The van der Waals surface area contributed by atoms with Crippen molar-refractivity contribution < 1.29 is 9.53 Å². The highest BCUT2D eigenvalue weighted by Crippen LogP contribution is 2.19. The van der Waals surface area contributed by atoms with E-state index in [0.29, 0.717) is 16.2 Å². The van der Waals surface area contributed by atoms with Gasteiger partial charge in [0.1, 0.15) is 11.1 Å². The topological polar surface area (TPSA) is 91.4 Å². The molecule has 9 heteroatoms. The lowest BCUT2D eigenvalue weighted by molar-refractivity contribution is 0.0602. The van der Waals surface area contributed by atoms with E-state index in [0.717, 1.165) is 5.56 Å². The number of pyridine rings is 1. The number of hydrogen-bond acceptors (Lipinski definition) is 6. The number of carbonyl (C=O) groups excluding carboxylic acids is 1. The van der Waals surface area contributed by atoms with Crippen molar-refractivity contribution in [3.05, 3.63) is 63.2 Å². The number of benzene rings is 1. The second-order valence-electron chi connectivity index (χ2n) is 5.64. The van der Waals surface area contributed by atoms with Gasteiger partial charge in [0.15, 0.2) is 11.2 Å². The number of hydrogen-bond donors (Lipinski definition) is 0. The van der Waals surface area contributed by atoms with E-state index in [9.17, 15) is 9.59 Å². The largest absolute Gasteiger partial charge is 0.465 e. The van der Waals surface area contributed by atoms with Crippen LogP contribution in [0.15, 0.2) is 41.5 Å². The van der Waals surface area contributed by atoms with Crippen molar-refractivity contribution in [2.24, 2.45) is 0 Å². The summed E-state index contributed by atoms with van der Waals surface area (Å²) in [7, 11) is 1.27. The predicted molar refractivity (Wildman–Crippen MR) is 95.0 cm³/mol. The molecule has 4 rings (SSSR count). The third kappa shape index (κ3) is 2.34. The minimum atomic E-state index is -0.571. The molecule has 0 amide bonds. The summed E-state index contributed by atoms with van der Waals surface area (Å²) < 4.78 is 7.57. The zero-order chi connectivity index (χ0) is 18.4. The van der Waals surface area contributed by atoms with Crippen molar-refractivity contribution in [3.63, 3.8) is 0 Å². The Morgan fingerprint density at radius 3 is 2.77 bits per heavy atom. The van der Waals surface area contributed by atoms with Crippen molar-refractivity contribution in [3.8, 4) is 5.69 Å². The van der Waals surface area contributed by atoms with Gasteiger partial charge in [0, 0.05) is 11.2 Å². The van der Waals surface area contributed by atoms with Crippen LogP contribution in [0.4, 0.5) is 0 Å². The Hall–Kier alpha value is -3.26. The lowest BCUT2D eigenvalue weighted by atomic mass is 10.2. The van der Waals surface area contributed by atoms with Crippen LogP contribution < -0.4 is 5.56 Å². The molecule has 8 nitrogen and oxygen atoms in total. The van der Waals surface area contributed by atoms with Crippen molar-refractivity contribution in [1.29, 1.82) is 0 Å². The third-order valence-corrected chi connectivity index (χ3v) is 4.32. The molecule has 130 valence electrons. The molecule has 0 saturated heterocycles. The van der Waals surface area contributed by atoms with Gasteiger partial charge in [0.2, 0.25) is 0 Å². The van der Waals surface area contributed by atoms with Crippen LogP contribution >= 0.6 is 11.6 Å². The fourth-order valence-electron chi connectivity index (χ4n) is 2.83. The molecule has 0 aliphatic rings. The Kier molecular flexibility index (Phi) is 3.69. The van der Waals surface area contributed by atoms with Gasteiger partial charge in [-0.2, -0.15) is 5.10 Å². The van der Waals surface area contributed by atoms with Gasteiger partial charge in [-0.05, 0) is 36.8 Å². The lowest BCUT2D eigenvalue weighted by Crippen LogP contribution is -2.21. The van der Waals surface area contributed by atoms with Crippen LogP contribution in [0.5, 0.6) is 0 Å². The number of rotatable bonds is 2. The molecule has 0 atom stereocenters. The Morgan fingerprint density at radius 1 is 1.23 bits per heavy atom. The quantitative estimate of drug-likeness (QED) is 0.503. The number of ether oxygens (including phenoxy) is 1. The van der Waals surface area contributed by atoms with Crippen LogP contribution in [0.2, 0.25) is 5.02 Å². The van der Waals surface area contributed by atoms with Crippen LogP contribution in [0, 0.1) is 6.92 Å². The van der Waals surface area contributed by atoms with Crippen LogP contribution in [0.1, 0.15) is 15.9 Å². The predicted octanol–water partition coefficient (Wildman–Crippen LogP) is 2.18. The summed E-state index contributed by atoms with van der Waals surface area (Å²) in [5, 5.41) is 12.7.